The van der Waals surface area contributed by atoms with Crippen LogP contribution in [0.3, 0.4) is 0 Å². The average molecular weight is 382 g/mol. The summed E-state index contributed by atoms with van der Waals surface area (Å²) in [4.78, 5) is 20.9. The van der Waals surface area contributed by atoms with Crippen LogP contribution in [-0.2, 0) is 0 Å². The summed E-state index contributed by atoms with van der Waals surface area (Å²) in [5.41, 5.74) is 1.69. The molecule has 3 aromatic heterocycles. The SMILES string of the molecule is CC(NC1CCC(n2nc(-c3cccnc3)ccc2=O)CC1)c1nccs1. The molecule has 0 saturated heterocycles. The Labute approximate surface area is 162 Å². The molecule has 1 atom stereocenters. The van der Waals surface area contributed by atoms with Gasteiger partial charge in [-0.1, -0.05) is 0 Å². The van der Waals surface area contributed by atoms with Crippen molar-refractivity contribution in [2.75, 3.05) is 0 Å². The van der Waals surface area contributed by atoms with E-state index in [9.17, 15) is 4.79 Å². The molecule has 7 heteroatoms. The van der Waals surface area contributed by atoms with Gasteiger partial charge in [-0.05, 0) is 50.8 Å². The third kappa shape index (κ3) is 4.14. The fraction of sp³-hybridized carbons (Fsp3) is 0.400. The van der Waals surface area contributed by atoms with Gasteiger partial charge in [0.05, 0.1) is 17.8 Å². The Bertz CT molecular complexity index is 917. The van der Waals surface area contributed by atoms with Crippen molar-refractivity contribution < 1.29 is 0 Å². The third-order valence-corrected chi connectivity index (χ3v) is 6.09. The van der Waals surface area contributed by atoms with Crippen LogP contribution in [0.4, 0.5) is 0 Å². The van der Waals surface area contributed by atoms with Gasteiger partial charge in [-0.2, -0.15) is 5.10 Å². The number of hydrogen-bond acceptors (Lipinski definition) is 6. The van der Waals surface area contributed by atoms with Gasteiger partial charge in [-0.3, -0.25) is 9.78 Å². The molecule has 0 aliphatic heterocycles. The number of hydrogen-bond donors (Lipinski definition) is 1. The number of nitrogens with zero attached hydrogens (tertiary/aromatic N) is 4. The summed E-state index contributed by atoms with van der Waals surface area (Å²) in [6.07, 6.45) is 9.33. The Balaban J connectivity index is 1.43. The molecular weight excluding hydrogens is 358 g/mol. The molecule has 4 rings (SSSR count). The quantitative estimate of drug-likeness (QED) is 0.731. The van der Waals surface area contributed by atoms with E-state index >= 15 is 0 Å². The topological polar surface area (TPSA) is 72.7 Å². The van der Waals surface area contributed by atoms with Crippen LogP contribution in [0, 0.1) is 0 Å². The molecule has 6 nitrogen and oxygen atoms in total. The van der Waals surface area contributed by atoms with Crippen LogP contribution in [0.25, 0.3) is 11.3 Å². The van der Waals surface area contributed by atoms with E-state index in [2.05, 4.69) is 27.3 Å². The molecule has 1 aliphatic rings. The van der Waals surface area contributed by atoms with Gasteiger partial charge in [-0.25, -0.2) is 9.67 Å². The van der Waals surface area contributed by atoms with Gasteiger partial charge in [0.1, 0.15) is 5.01 Å². The minimum absolute atomic E-state index is 0.0322. The maximum atomic E-state index is 12.4. The molecule has 3 aromatic rings. The number of thiazole rings is 1. The van der Waals surface area contributed by atoms with E-state index in [1.807, 2.05) is 23.7 Å². The van der Waals surface area contributed by atoms with Crippen molar-refractivity contribution in [3.05, 3.63) is 63.6 Å². The van der Waals surface area contributed by atoms with Crippen molar-refractivity contribution in [3.8, 4) is 11.3 Å². The molecular formula is C20H23N5OS. The van der Waals surface area contributed by atoms with Crippen molar-refractivity contribution >= 4 is 11.3 Å². The van der Waals surface area contributed by atoms with Gasteiger partial charge in [0.2, 0.25) is 0 Å². The zero-order valence-corrected chi connectivity index (χ0v) is 16.1. The van der Waals surface area contributed by atoms with Crippen LogP contribution in [0.5, 0.6) is 0 Å². The Hall–Kier alpha value is -2.38. The Morgan fingerprint density at radius 2 is 2.04 bits per heavy atom. The smallest absolute Gasteiger partial charge is 0.267 e. The number of pyridine rings is 1. The van der Waals surface area contributed by atoms with E-state index in [-0.39, 0.29) is 17.6 Å². The van der Waals surface area contributed by atoms with Gasteiger partial charge in [0.25, 0.3) is 5.56 Å². The van der Waals surface area contributed by atoms with Crippen LogP contribution in [0.1, 0.15) is 49.7 Å². The molecule has 0 bridgehead atoms. The summed E-state index contributed by atoms with van der Waals surface area (Å²) < 4.78 is 1.67. The molecule has 27 heavy (non-hydrogen) atoms. The zero-order chi connectivity index (χ0) is 18.6. The third-order valence-electron chi connectivity index (χ3n) is 5.13. The van der Waals surface area contributed by atoms with Gasteiger partial charge < -0.3 is 5.32 Å². The fourth-order valence-corrected chi connectivity index (χ4v) is 4.37. The second-order valence-electron chi connectivity index (χ2n) is 7.01. The molecule has 0 radical (unpaired) electrons. The highest BCUT2D eigenvalue weighted by Gasteiger charge is 2.25. The van der Waals surface area contributed by atoms with E-state index in [1.54, 1.807) is 40.5 Å². The molecule has 1 N–H and O–H groups in total. The van der Waals surface area contributed by atoms with Crippen LogP contribution in [0.2, 0.25) is 0 Å². The van der Waals surface area contributed by atoms with Crippen LogP contribution >= 0.6 is 11.3 Å². The minimum Gasteiger partial charge on any atom is -0.305 e. The lowest BCUT2D eigenvalue weighted by Gasteiger charge is -2.31. The largest absolute Gasteiger partial charge is 0.305 e. The van der Waals surface area contributed by atoms with Gasteiger partial charge >= 0.3 is 0 Å². The molecule has 0 spiro atoms. The first-order chi connectivity index (χ1) is 13.2. The summed E-state index contributed by atoms with van der Waals surface area (Å²) >= 11 is 1.68. The molecule has 3 heterocycles. The van der Waals surface area contributed by atoms with Gasteiger partial charge in [0, 0.05) is 41.6 Å². The number of nitrogens with one attached hydrogen (secondary N) is 1. The van der Waals surface area contributed by atoms with Crippen molar-refractivity contribution in [3.63, 3.8) is 0 Å². The number of aromatic nitrogens is 4. The highest BCUT2D eigenvalue weighted by Crippen LogP contribution is 2.29. The maximum Gasteiger partial charge on any atom is 0.267 e. The van der Waals surface area contributed by atoms with Crippen molar-refractivity contribution in [1.29, 1.82) is 0 Å². The predicted molar refractivity (Wildman–Crippen MR) is 107 cm³/mol. The Morgan fingerprint density at radius 3 is 2.74 bits per heavy atom. The molecule has 1 unspecified atom stereocenters. The molecule has 140 valence electrons. The summed E-state index contributed by atoms with van der Waals surface area (Å²) in [6.45, 7) is 2.16. The number of rotatable bonds is 5. The molecule has 1 saturated carbocycles. The van der Waals surface area contributed by atoms with Crippen LogP contribution < -0.4 is 10.9 Å². The molecule has 1 fully saturated rings. The Morgan fingerprint density at radius 1 is 1.19 bits per heavy atom. The lowest BCUT2D eigenvalue weighted by atomic mass is 9.91. The normalized spacial score (nSPS) is 21.1. The van der Waals surface area contributed by atoms with Crippen LogP contribution in [-0.4, -0.2) is 25.8 Å². The second-order valence-corrected chi connectivity index (χ2v) is 7.93. The Kier molecular flexibility index (Phi) is 5.40. The lowest BCUT2D eigenvalue weighted by Crippen LogP contribution is -2.37. The highest BCUT2D eigenvalue weighted by molar-refractivity contribution is 7.09. The minimum atomic E-state index is -0.0322. The first-order valence-corrected chi connectivity index (χ1v) is 10.2. The summed E-state index contributed by atoms with van der Waals surface area (Å²) in [6, 6.07) is 8.11. The lowest BCUT2D eigenvalue weighted by molar-refractivity contribution is 0.259. The zero-order valence-electron chi connectivity index (χ0n) is 15.3. The fourth-order valence-electron chi connectivity index (χ4n) is 3.72. The van der Waals surface area contributed by atoms with Crippen molar-refractivity contribution in [2.24, 2.45) is 0 Å². The molecule has 0 aromatic carbocycles. The standard InChI is InChI=1S/C20H23N5OS/c1-14(20-22-11-12-27-20)23-16-4-6-17(7-5-16)25-19(26)9-8-18(24-25)15-3-2-10-21-13-15/h2-3,8-14,16-17,23H,4-7H2,1H3. The van der Waals surface area contributed by atoms with E-state index in [0.29, 0.717) is 6.04 Å². The predicted octanol–water partition coefficient (Wildman–Crippen LogP) is 3.60. The molecule has 1 aliphatic carbocycles. The summed E-state index contributed by atoms with van der Waals surface area (Å²) in [5, 5.41) is 11.4. The maximum absolute atomic E-state index is 12.4. The van der Waals surface area contributed by atoms with Crippen molar-refractivity contribution in [2.45, 2.75) is 50.7 Å². The van der Waals surface area contributed by atoms with Gasteiger partial charge in [-0.15, -0.1) is 11.3 Å². The highest BCUT2D eigenvalue weighted by atomic mass is 32.1. The van der Waals surface area contributed by atoms with E-state index in [1.165, 1.54) is 0 Å². The monoisotopic (exact) mass is 381 g/mol. The summed E-state index contributed by atoms with van der Waals surface area (Å²) in [5.74, 6) is 0. The van der Waals surface area contributed by atoms with Gasteiger partial charge in [0.15, 0.2) is 0 Å². The first kappa shape index (κ1) is 18.0. The van der Waals surface area contributed by atoms with Crippen LogP contribution in [0.15, 0.2) is 53.0 Å². The first-order valence-electron chi connectivity index (χ1n) is 9.36. The average Bonchev–Trinajstić information content (AvgIpc) is 3.25. The van der Waals surface area contributed by atoms with Crippen molar-refractivity contribution in [1.82, 2.24) is 25.1 Å². The molecule has 0 amide bonds. The summed E-state index contributed by atoms with van der Waals surface area (Å²) in [7, 11) is 0. The van der Waals surface area contributed by atoms with E-state index in [0.717, 1.165) is 41.9 Å². The second kappa shape index (κ2) is 8.10. The van der Waals surface area contributed by atoms with E-state index < -0.39 is 0 Å². The van der Waals surface area contributed by atoms with E-state index in [4.69, 9.17) is 0 Å².